The van der Waals surface area contributed by atoms with Crippen molar-refractivity contribution in [1.29, 1.82) is 0 Å². The minimum Gasteiger partial charge on any atom is -0.338 e. The fourth-order valence-corrected chi connectivity index (χ4v) is 2.06. The molecule has 0 saturated heterocycles. The van der Waals surface area contributed by atoms with Gasteiger partial charge in [0.05, 0.1) is 3.57 Å². The maximum absolute atomic E-state index is 11.7. The van der Waals surface area contributed by atoms with Gasteiger partial charge in [0.25, 0.3) is 5.56 Å². The summed E-state index contributed by atoms with van der Waals surface area (Å²) in [6.07, 6.45) is 6.26. The number of nitrogens with zero attached hydrogens (tertiary/aromatic N) is 3. The Morgan fingerprint density at radius 1 is 1.44 bits per heavy atom. The summed E-state index contributed by atoms with van der Waals surface area (Å²) >= 11 is 2.06. The molecule has 4 nitrogen and oxygen atoms in total. The Kier molecular flexibility index (Phi) is 3.42. The van der Waals surface area contributed by atoms with Crippen LogP contribution in [0.4, 0.5) is 0 Å². The number of aryl methyl sites for hydroxylation is 3. The average molecular weight is 329 g/mol. The Bertz CT molecular complexity index is 544. The maximum Gasteiger partial charge on any atom is 0.263 e. The smallest absolute Gasteiger partial charge is 0.263 e. The van der Waals surface area contributed by atoms with Gasteiger partial charge in [0.15, 0.2) is 0 Å². The molecule has 0 radical (unpaired) electrons. The molecule has 2 aromatic rings. The van der Waals surface area contributed by atoms with Gasteiger partial charge in [-0.1, -0.05) is 0 Å². The van der Waals surface area contributed by atoms with Crippen LogP contribution < -0.4 is 5.56 Å². The molecule has 2 heterocycles. The highest BCUT2D eigenvalue weighted by atomic mass is 127. The summed E-state index contributed by atoms with van der Waals surface area (Å²) in [6, 6.07) is 3.71. The molecule has 0 atom stereocenters. The first-order valence-electron chi connectivity index (χ1n) is 4.99. The van der Waals surface area contributed by atoms with Gasteiger partial charge >= 0.3 is 0 Å². The Balaban J connectivity index is 2.14. The number of hydrogen-bond donors (Lipinski definition) is 0. The average Bonchev–Trinajstić information content (AvgIpc) is 2.67. The summed E-state index contributed by atoms with van der Waals surface area (Å²) in [4.78, 5) is 16.0. The third-order valence-electron chi connectivity index (χ3n) is 2.47. The van der Waals surface area contributed by atoms with Gasteiger partial charge in [-0.15, -0.1) is 0 Å². The Labute approximate surface area is 107 Å². The van der Waals surface area contributed by atoms with Crippen molar-refractivity contribution in [3.8, 4) is 0 Å². The summed E-state index contributed by atoms with van der Waals surface area (Å²) in [5.41, 5.74) is 0.0670. The van der Waals surface area contributed by atoms with Crippen molar-refractivity contribution in [1.82, 2.24) is 14.1 Å². The van der Waals surface area contributed by atoms with E-state index in [0.29, 0.717) is 6.54 Å². The van der Waals surface area contributed by atoms with Crippen LogP contribution in [-0.4, -0.2) is 14.1 Å². The third-order valence-corrected chi connectivity index (χ3v) is 3.29. The highest BCUT2D eigenvalue weighted by Gasteiger charge is 2.02. The molecule has 5 heteroatoms. The Morgan fingerprint density at radius 2 is 2.25 bits per heavy atom. The molecule has 0 fully saturated rings. The van der Waals surface area contributed by atoms with Gasteiger partial charge in [-0.3, -0.25) is 4.79 Å². The summed E-state index contributed by atoms with van der Waals surface area (Å²) in [6.45, 7) is 0.667. The second kappa shape index (κ2) is 4.82. The normalized spacial score (nSPS) is 10.6. The third kappa shape index (κ3) is 2.34. The van der Waals surface area contributed by atoms with Gasteiger partial charge in [0, 0.05) is 38.6 Å². The maximum atomic E-state index is 11.7. The van der Waals surface area contributed by atoms with Gasteiger partial charge in [0.1, 0.15) is 5.82 Å². The monoisotopic (exact) mass is 329 g/mol. The summed E-state index contributed by atoms with van der Waals surface area (Å²) in [5, 5.41) is 0. The topological polar surface area (TPSA) is 39.8 Å². The molecular weight excluding hydrogens is 317 g/mol. The lowest BCUT2D eigenvalue weighted by molar-refractivity contribution is 0.629. The van der Waals surface area contributed by atoms with Crippen molar-refractivity contribution in [3.05, 3.63) is 50.5 Å². The van der Waals surface area contributed by atoms with Crippen LogP contribution in [0.15, 0.2) is 35.5 Å². The molecule has 0 aliphatic carbocycles. The molecule has 0 aliphatic rings. The zero-order valence-corrected chi connectivity index (χ0v) is 11.1. The zero-order valence-electron chi connectivity index (χ0n) is 8.93. The fraction of sp³-hybridized carbons (Fsp3) is 0.273. The van der Waals surface area contributed by atoms with Crippen LogP contribution in [0.5, 0.6) is 0 Å². The second-order valence-electron chi connectivity index (χ2n) is 3.56. The fourth-order valence-electron chi connectivity index (χ4n) is 1.54. The quantitative estimate of drug-likeness (QED) is 0.800. The largest absolute Gasteiger partial charge is 0.338 e. The molecule has 0 N–H and O–H groups in total. The molecule has 0 bridgehead atoms. The first kappa shape index (κ1) is 11.4. The van der Waals surface area contributed by atoms with Crippen LogP contribution >= 0.6 is 22.6 Å². The van der Waals surface area contributed by atoms with Crippen LogP contribution in [0.25, 0.3) is 0 Å². The number of pyridine rings is 1. The van der Waals surface area contributed by atoms with E-state index in [-0.39, 0.29) is 5.56 Å². The Morgan fingerprint density at radius 3 is 2.94 bits per heavy atom. The highest BCUT2D eigenvalue weighted by Crippen LogP contribution is 1.99. The van der Waals surface area contributed by atoms with Gasteiger partial charge in [-0.2, -0.15) is 0 Å². The zero-order chi connectivity index (χ0) is 11.5. The molecule has 0 saturated carbocycles. The SMILES string of the molecule is Cn1ccnc1CCn1cccc(I)c1=O. The van der Waals surface area contributed by atoms with Crippen LogP contribution in [0.3, 0.4) is 0 Å². The van der Waals surface area contributed by atoms with Crippen LogP contribution in [-0.2, 0) is 20.0 Å². The lowest BCUT2D eigenvalue weighted by Crippen LogP contribution is -2.22. The number of hydrogen-bond acceptors (Lipinski definition) is 2. The summed E-state index contributed by atoms with van der Waals surface area (Å²) in [7, 11) is 1.96. The number of aromatic nitrogens is 3. The van der Waals surface area contributed by atoms with Crippen LogP contribution in [0.2, 0.25) is 0 Å². The molecule has 0 unspecified atom stereocenters. The minimum absolute atomic E-state index is 0.0670. The van der Waals surface area contributed by atoms with Gasteiger partial charge in [-0.05, 0) is 34.7 Å². The molecule has 0 spiro atoms. The highest BCUT2D eigenvalue weighted by molar-refractivity contribution is 14.1. The molecule has 0 aliphatic heterocycles. The van der Waals surface area contributed by atoms with E-state index < -0.39 is 0 Å². The summed E-state index contributed by atoms with van der Waals surface area (Å²) < 4.78 is 4.44. The number of rotatable bonds is 3. The molecular formula is C11H12IN3O. The molecule has 2 aromatic heterocycles. The number of halogens is 1. The predicted molar refractivity (Wildman–Crippen MR) is 70.3 cm³/mol. The van der Waals surface area contributed by atoms with Gasteiger partial charge in [0.2, 0.25) is 0 Å². The van der Waals surface area contributed by atoms with E-state index in [1.54, 1.807) is 10.8 Å². The summed E-state index contributed by atoms with van der Waals surface area (Å²) in [5.74, 6) is 0.991. The molecule has 16 heavy (non-hydrogen) atoms. The van der Waals surface area contributed by atoms with E-state index in [4.69, 9.17) is 0 Å². The molecule has 0 aromatic carbocycles. The van der Waals surface area contributed by atoms with Gasteiger partial charge in [-0.25, -0.2) is 4.98 Å². The first-order valence-corrected chi connectivity index (χ1v) is 6.07. The lowest BCUT2D eigenvalue weighted by Gasteiger charge is -2.05. The Hall–Kier alpha value is -1.11. The predicted octanol–water partition coefficient (Wildman–Crippen LogP) is 1.43. The van der Waals surface area contributed by atoms with E-state index >= 15 is 0 Å². The van der Waals surface area contributed by atoms with E-state index in [2.05, 4.69) is 27.6 Å². The lowest BCUT2D eigenvalue weighted by atomic mass is 10.3. The van der Waals surface area contributed by atoms with E-state index in [9.17, 15) is 4.79 Å². The van der Waals surface area contributed by atoms with Gasteiger partial charge < -0.3 is 9.13 Å². The van der Waals surface area contributed by atoms with E-state index in [1.807, 2.05) is 36.1 Å². The van der Waals surface area contributed by atoms with Crippen LogP contribution in [0, 0.1) is 3.57 Å². The van der Waals surface area contributed by atoms with E-state index in [1.165, 1.54) is 0 Å². The molecule has 0 amide bonds. The molecule has 84 valence electrons. The van der Waals surface area contributed by atoms with E-state index in [0.717, 1.165) is 15.8 Å². The number of imidazole rings is 1. The standard InChI is InChI=1S/C11H12IN3O/c1-14-8-5-13-10(14)4-7-15-6-2-3-9(12)11(15)16/h2-3,5-6,8H,4,7H2,1H3. The first-order chi connectivity index (χ1) is 7.68. The van der Waals surface area contributed by atoms with Crippen molar-refractivity contribution in [3.63, 3.8) is 0 Å². The van der Waals surface area contributed by atoms with Crippen molar-refractivity contribution >= 4 is 22.6 Å². The minimum atomic E-state index is 0.0670. The van der Waals surface area contributed by atoms with Crippen molar-refractivity contribution < 1.29 is 0 Å². The molecule has 2 rings (SSSR count). The van der Waals surface area contributed by atoms with Crippen molar-refractivity contribution in [2.45, 2.75) is 13.0 Å². The van der Waals surface area contributed by atoms with Crippen molar-refractivity contribution in [2.24, 2.45) is 7.05 Å². The van der Waals surface area contributed by atoms with Crippen LogP contribution in [0.1, 0.15) is 5.82 Å². The second-order valence-corrected chi connectivity index (χ2v) is 4.72. The van der Waals surface area contributed by atoms with Crippen molar-refractivity contribution in [2.75, 3.05) is 0 Å².